The van der Waals surface area contributed by atoms with Gasteiger partial charge in [0.25, 0.3) is 0 Å². The van der Waals surface area contributed by atoms with Crippen molar-refractivity contribution in [2.45, 2.75) is 34.1 Å². The van der Waals surface area contributed by atoms with E-state index in [0.29, 0.717) is 28.0 Å². The predicted molar refractivity (Wildman–Crippen MR) is 112 cm³/mol. The molecule has 5 heteroatoms. The predicted octanol–water partition coefficient (Wildman–Crippen LogP) is 6.64. The van der Waals surface area contributed by atoms with E-state index >= 15 is 0 Å². The van der Waals surface area contributed by atoms with Gasteiger partial charge < -0.3 is 0 Å². The van der Waals surface area contributed by atoms with E-state index in [1.807, 2.05) is 80.8 Å². The van der Waals surface area contributed by atoms with Crippen LogP contribution in [0.3, 0.4) is 0 Å². The molecule has 0 saturated carbocycles. The fourth-order valence-electron chi connectivity index (χ4n) is 3.01. The van der Waals surface area contributed by atoms with E-state index in [1.54, 1.807) is 0 Å². The van der Waals surface area contributed by atoms with Gasteiger partial charge in [0.2, 0.25) is 0 Å². The Kier molecular flexibility index (Phi) is 5.45. The lowest BCUT2D eigenvalue weighted by Crippen LogP contribution is -2.22. The number of rotatable bonds is 4. The molecule has 0 aliphatic carbocycles. The van der Waals surface area contributed by atoms with Crippen molar-refractivity contribution in [1.29, 1.82) is 0 Å². The maximum absolute atomic E-state index is 13.1. The maximum Gasteiger partial charge on any atom is 0.188 e. The Balaban J connectivity index is 2.35. The third kappa shape index (κ3) is 3.80. The number of Topliss-reactive ketones (excluding diaryl/α,β-unsaturated/α-hetero) is 1. The van der Waals surface area contributed by atoms with E-state index in [2.05, 4.69) is 0 Å². The number of nitrogens with zero attached hydrogens (tertiary/aromatic N) is 2. The van der Waals surface area contributed by atoms with E-state index in [-0.39, 0.29) is 5.78 Å². The lowest BCUT2D eigenvalue weighted by molar-refractivity contribution is 0.0852. The number of carbonyl (C=O) groups is 1. The van der Waals surface area contributed by atoms with E-state index in [4.69, 9.17) is 28.2 Å². The lowest BCUT2D eigenvalue weighted by Gasteiger charge is -2.16. The Hall–Kier alpha value is -2.10. The van der Waals surface area contributed by atoms with Gasteiger partial charge in [-0.25, -0.2) is 4.98 Å². The van der Waals surface area contributed by atoms with Crippen molar-refractivity contribution in [3.8, 4) is 17.1 Å². The summed E-state index contributed by atoms with van der Waals surface area (Å²) in [6.45, 7) is 7.75. The Morgan fingerprint density at radius 2 is 1.67 bits per heavy atom. The zero-order valence-corrected chi connectivity index (χ0v) is 17.4. The first kappa shape index (κ1) is 19.7. The summed E-state index contributed by atoms with van der Waals surface area (Å²) < 4.78 is 2.01. The number of halogens is 2. The zero-order chi connectivity index (χ0) is 19.8. The minimum absolute atomic E-state index is 0.0142. The summed E-state index contributed by atoms with van der Waals surface area (Å²) in [5, 5.41) is 1.25. The number of benzene rings is 2. The molecule has 2 aromatic carbocycles. The molecule has 0 aliphatic heterocycles. The summed E-state index contributed by atoms with van der Waals surface area (Å²) in [7, 11) is 0. The molecule has 0 aliphatic rings. The SMILES string of the molecule is CCc1c(C(=O)C(C)(C)C)nc(-c2ccccc2Cl)n1-c1ccc(Cl)cc1. The van der Waals surface area contributed by atoms with Gasteiger partial charge in [-0.2, -0.15) is 0 Å². The average Bonchev–Trinajstić information content (AvgIpc) is 3.00. The van der Waals surface area contributed by atoms with Crippen molar-refractivity contribution in [2.24, 2.45) is 5.41 Å². The molecule has 0 amide bonds. The van der Waals surface area contributed by atoms with Gasteiger partial charge in [0.15, 0.2) is 5.78 Å². The second-order valence-electron chi connectivity index (χ2n) is 7.46. The van der Waals surface area contributed by atoms with Gasteiger partial charge >= 0.3 is 0 Å². The Labute approximate surface area is 170 Å². The van der Waals surface area contributed by atoms with E-state index in [0.717, 1.165) is 16.9 Å². The van der Waals surface area contributed by atoms with Gasteiger partial charge in [-0.05, 0) is 42.8 Å². The first-order valence-corrected chi connectivity index (χ1v) is 9.67. The zero-order valence-electron chi connectivity index (χ0n) is 15.9. The van der Waals surface area contributed by atoms with Crippen LogP contribution in [0.25, 0.3) is 17.1 Å². The summed E-state index contributed by atoms with van der Waals surface area (Å²) >= 11 is 12.5. The summed E-state index contributed by atoms with van der Waals surface area (Å²) in [5.41, 5.74) is 2.52. The smallest absolute Gasteiger partial charge is 0.188 e. The van der Waals surface area contributed by atoms with Crippen LogP contribution in [0.4, 0.5) is 0 Å². The molecule has 0 saturated heterocycles. The van der Waals surface area contributed by atoms with Crippen molar-refractivity contribution in [1.82, 2.24) is 9.55 Å². The van der Waals surface area contributed by atoms with Crippen LogP contribution >= 0.6 is 23.2 Å². The standard InChI is InChI=1S/C22H22Cl2N2O/c1-5-18-19(20(27)22(2,3)4)25-21(16-8-6-7-9-17(16)24)26(18)15-12-10-14(23)11-13-15/h6-13H,5H2,1-4H3. The highest BCUT2D eigenvalue weighted by molar-refractivity contribution is 6.33. The molecule has 1 heterocycles. The molecule has 3 rings (SSSR count). The summed E-state index contributed by atoms with van der Waals surface area (Å²) in [6.07, 6.45) is 0.664. The van der Waals surface area contributed by atoms with Crippen molar-refractivity contribution in [3.05, 3.63) is 70.0 Å². The highest BCUT2D eigenvalue weighted by Crippen LogP contribution is 2.34. The molecule has 0 bridgehead atoms. The molecule has 3 nitrogen and oxygen atoms in total. The highest BCUT2D eigenvalue weighted by Gasteiger charge is 2.30. The molecule has 27 heavy (non-hydrogen) atoms. The minimum atomic E-state index is -0.527. The van der Waals surface area contributed by atoms with Crippen molar-refractivity contribution in [3.63, 3.8) is 0 Å². The van der Waals surface area contributed by atoms with Crippen LogP contribution in [0.15, 0.2) is 48.5 Å². The normalized spacial score (nSPS) is 11.6. The second-order valence-corrected chi connectivity index (χ2v) is 8.30. The monoisotopic (exact) mass is 400 g/mol. The third-order valence-electron chi connectivity index (χ3n) is 4.40. The van der Waals surface area contributed by atoms with Crippen molar-refractivity contribution in [2.75, 3.05) is 0 Å². The van der Waals surface area contributed by atoms with Gasteiger partial charge in [-0.1, -0.05) is 63.0 Å². The Morgan fingerprint density at radius 3 is 2.22 bits per heavy atom. The molecule has 1 aromatic heterocycles. The van der Waals surface area contributed by atoms with Crippen LogP contribution in [-0.4, -0.2) is 15.3 Å². The summed E-state index contributed by atoms with van der Waals surface area (Å²) in [6, 6.07) is 15.1. The molecular formula is C22H22Cl2N2O. The molecule has 0 atom stereocenters. The maximum atomic E-state index is 13.1. The van der Waals surface area contributed by atoms with Crippen LogP contribution in [0, 0.1) is 5.41 Å². The number of carbonyl (C=O) groups excluding carboxylic acids is 1. The van der Waals surface area contributed by atoms with Crippen LogP contribution in [0.5, 0.6) is 0 Å². The molecule has 0 fully saturated rings. The number of ketones is 1. The minimum Gasteiger partial charge on any atom is -0.296 e. The molecule has 0 radical (unpaired) electrons. The van der Waals surface area contributed by atoms with Crippen LogP contribution in [0.1, 0.15) is 43.9 Å². The molecular weight excluding hydrogens is 379 g/mol. The fraction of sp³-hybridized carbons (Fsp3) is 0.273. The van der Waals surface area contributed by atoms with Gasteiger partial charge in [0.05, 0.1) is 10.7 Å². The largest absolute Gasteiger partial charge is 0.296 e. The number of aromatic nitrogens is 2. The molecule has 3 aromatic rings. The first-order valence-electron chi connectivity index (χ1n) is 8.91. The summed E-state index contributed by atoms with van der Waals surface area (Å²) in [4.78, 5) is 17.9. The summed E-state index contributed by atoms with van der Waals surface area (Å²) in [5.74, 6) is 0.674. The van der Waals surface area contributed by atoms with Gasteiger partial charge in [-0.15, -0.1) is 0 Å². The molecule has 0 N–H and O–H groups in total. The van der Waals surface area contributed by atoms with E-state index in [1.165, 1.54) is 0 Å². The van der Waals surface area contributed by atoms with E-state index in [9.17, 15) is 4.79 Å². The molecule has 140 valence electrons. The van der Waals surface area contributed by atoms with Crippen LogP contribution in [0.2, 0.25) is 10.0 Å². The number of imidazole rings is 1. The van der Waals surface area contributed by atoms with Crippen molar-refractivity contribution < 1.29 is 4.79 Å². The molecule has 0 spiro atoms. The van der Waals surface area contributed by atoms with Gasteiger partial charge in [-0.3, -0.25) is 9.36 Å². The number of hydrogen-bond donors (Lipinski definition) is 0. The topological polar surface area (TPSA) is 34.9 Å². The van der Waals surface area contributed by atoms with Crippen molar-refractivity contribution >= 4 is 29.0 Å². The van der Waals surface area contributed by atoms with Crippen LogP contribution in [-0.2, 0) is 6.42 Å². The quantitative estimate of drug-likeness (QED) is 0.460. The first-order chi connectivity index (χ1) is 12.7. The van der Waals surface area contributed by atoms with E-state index < -0.39 is 5.41 Å². The van der Waals surface area contributed by atoms with Gasteiger partial charge in [0, 0.05) is 21.7 Å². The average molecular weight is 401 g/mol. The highest BCUT2D eigenvalue weighted by atomic mass is 35.5. The number of hydrogen-bond acceptors (Lipinski definition) is 2. The second kappa shape index (κ2) is 7.49. The Morgan fingerprint density at radius 1 is 1.04 bits per heavy atom. The van der Waals surface area contributed by atoms with Gasteiger partial charge in [0.1, 0.15) is 11.5 Å². The third-order valence-corrected chi connectivity index (χ3v) is 4.99. The lowest BCUT2D eigenvalue weighted by atomic mass is 9.88. The van der Waals surface area contributed by atoms with Crippen LogP contribution < -0.4 is 0 Å². The molecule has 0 unspecified atom stereocenters. The Bertz CT molecular complexity index is 983. The fourth-order valence-corrected chi connectivity index (χ4v) is 3.35.